The van der Waals surface area contributed by atoms with Gasteiger partial charge in [-0.25, -0.2) is 55.2 Å². The Hall–Kier alpha value is -15.3. The fraction of sp³-hybridized carbons (Fsp3) is 0.437. The zero-order chi connectivity index (χ0) is 97.4. The first kappa shape index (κ1) is 105. The van der Waals surface area contributed by atoms with Crippen LogP contribution < -0.4 is 86.3 Å². The van der Waals surface area contributed by atoms with Crippen LogP contribution in [0.15, 0.2) is 122 Å². The number of pyridine rings is 2. The first-order valence-corrected chi connectivity index (χ1v) is 42.7. The zero-order valence-corrected chi connectivity index (χ0v) is 72.1. The van der Waals surface area contributed by atoms with Crippen molar-refractivity contribution in [2.24, 2.45) is 41.3 Å². The number of aromatic nitrogens is 2. The van der Waals surface area contributed by atoms with Crippen molar-refractivity contribution in [2.75, 3.05) is 37.0 Å². The Morgan fingerprint density at radius 2 is 0.707 bits per heavy atom. The van der Waals surface area contributed by atoms with Crippen LogP contribution in [0.5, 0.6) is 0 Å². The molecule has 2 aromatic heterocycles. The van der Waals surface area contributed by atoms with Crippen LogP contribution in [0.25, 0.3) is 21.5 Å². The number of nitrogens with one attached hydrogen (secondary N) is 14. The number of hydrazine groups is 2. The van der Waals surface area contributed by atoms with E-state index < -0.39 is 199 Å². The number of unbranched alkanes of at least 4 members (excludes halogenated alkanes) is 2. The first-order chi connectivity index (χ1) is 63.4. The van der Waals surface area contributed by atoms with Gasteiger partial charge >= 0.3 is 65.8 Å². The maximum Gasteiger partial charge on any atom is 0.336 e. The van der Waals surface area contributed by atoms with Crippen LogP contribution >= 0.6 is 0 Å². The van der Waals surface area contributed by atoms with Gasteiger partial charge < -0.3 is 121 Å². The Balaban J connectivity index is 0.000000364. The standard InChI is InChI=1S/C45H57N9O15.C42H53N9O13/c46-54-35-16-14-29(23-48-35)38(58)51-34(21-30(41(61)62)42(63)64)40(60)49-22-24-8-12-27(13-9-24)37(57)50-33(20-25-10-11-26-5-1-2-6-28(26)19-25)39(59)47-18-4-3-7-31(43(65)66)52-45(69)53-32(44(67)68)15-17-36(55)56;43-51-32-16-14-28(22-45-32)36(55)50-34(41(62)63)38(57)46-21-23-8-12-26(13-9-23)35(54)47-31(20-24-10-11-25-5-1-2-6-27(25)19-24)37(56)44-18-4-3-7-29(39(58)59)48-42(64)49-30(40(60)61)15-17-33(52)53/h1-2,5-6,10-11,14,16,19,23-24,27,30-34H,3-4,7-9,12-13,15,17-18,20-22,46H2,(H,47,59)(H,48,54)(H,49,60)(H,50,57)(H,51,58)(H,55,56)(H,61,62)(H,63,64)(H,65,66)(H,67,68)(H2,52,53,69);1-2,5-6,10-11,14,16,19,22-23,26,29-31,34H,3-4,7-9,12-13,15,17-18,20-21,43H2,(H,44,56)(H,45,51)(H,46,57)(H,47,54)(H,50,55)(H,52,53)(H,58,59)(H,60,61)(H,62,63)(H2,48,49,64). The van der Waals surface area contributed by atoms with Crippen molar-refractivity contribution in [1.29, 1.82) is 0 Å². The van der Waals surface area contributed by atoms with E-state index in [4.69, 9.17) is 21.9 Å². The van der Waals surface area contributed by atoms with Gasteiger partial charge in [-0.1, -0.05) is 84.9 Å². The fourth-order valence-corrected chi connectivity index (χ4v) is 14.8. The van der Waals surface area contributed by atoms with E-state index in [0.29, 0.717) is 51.4 Å². The third-order valence-electron chi connectivity index (χ3n) is 22.3. The molecular formula is C87H110N18O28. The second-order valence-corrected chi connectivity index (χ2v) is 31.9. The van der Waals surface area contributed by atoms with Gasteiger partial charge in [-0.3, -0.25) is 57.5 Å². The second kappa shape index (κ2) is 53.0. The smallest absolute Gasteiger partial charge is 0.336 e. The maximum atomic E-state index is 13.8. The predicted octanol–water partition coefficient (Wildman–Crippen LogP) is 1.51. The number of carbonyl (C=O) groups excluding carboxylic acids is 10. The lowest BCUT2D eigenvalue weighted by atomic mass is 9.81. The summed E-state index contributed by atoms with van der Waals surface area (Å²) in [6, 6.07) is 18.5. The summed E-state index contributed by atoms with van der Waals surface area (Å²) in [6.07, 6.45) is 4.31. The molecule has 0 radical (unpaired) electrons. The number of rotatable bonds is 51. The zero-order valence-electron chi connectivity index (χ0n) is 72.1. The predicted molar refractivity (Wildman–Crippen MR) is 470 cm³/mol. The normalized spacial score (nSPS) is 16.2. The summed E-state index contributed by atoms with van der Waals surface area (Å²) >= 11 is 0. The summed E-state index contributed by atoms with van der Waals surface area (Å²) in [5, 5.41) is 118. The van der Waals surface area contributed by atoms with Crippen LogP contribution in [0.2, 0.25) is 0 Å². The number of carbonyl (C=O) groups is 19. The summed E-state index contributed by atoms with van der Waals surface area (Å²) in [6.45, 7) is 0.349. The summed E-state index contributed by atoms with van der Waals surface area (Å²) in [4.78, 5) is 243. The molecule has 27 N–H and O–H groups in total. The molecule has 46 nitrogen and oxygen atoms in total. The lowest BCUT2D eigenvalue weighted by molar-refractivity contribution is -0.156. The molecular weight excluding hydrogens is 1750 g/mol. The van der Waals surface area contributed by atoms with Crippen LogP contribution in [-0.4, -0.2) is 243 Å². The molecule has 6 aromatic rings. The van der Waals surface area contributed by atoms with Crippen LogP contribution in [0, 0.1) is 29.6 Å². The minimum absolute atomic E-state index is 0.00287. The number of hydrogen-bond acceptors (Lipinski definition) is 25. The number of carboxylic acid groups (broad SMARTS) is 9. The van der Waals surface area contributed by atoms with Gasteiger partial charge in [0.15, 0.2) is 5.92 Å². The first-order valence-electron chi connectivity index (χ1n) is 42.7. The minimum Gasteiger partial charge on any atom is -0.481 e. The Bertz CT molecular complexity index is 5110. The van der Waals surface area contributed by atoms with Crippen molar-refractivity contribution in [2.45, 2.75) is 183 Å². The largest absolute Gasteiger partial charge is 0.481 e. The molecule has 716 valence electrons. The number of anilines is 2. The highest BCUT2D eigenvalue weighted by Gasteiger charge is 2.38. The minimum atomic E-state index is -2.01. The van der Waals surface area contributed by atoms with Gasteiger partial charge in [0, 0.05) is 82.5 Å². The Labute approximate surface area is 759 Å². The van der Waals surface area contributed by atoms with Crippen LogP contribution in [0.4, 0.5) is 21.2 Å². The molecule has 46 heteroatoms. The summed E-state index contributed by atoms with van der Waals surface area (Å²) in [5.41, 5.74) is 6.16. The van der Waals surface area contributed by atoms with Crippen molar-refractivity contribution in [3.05, 3.63) is 144 Å². The molecule has 2 aliphatic rings. The van der Waals surface area contributed by atoms with Crippen LogP contribution in [-0.2, 0) is 84.8 Å². The van der Waals surface area contributed by atoms with E-state index in [1.165, 1.54) is 30.5 Å². The van der Waals surface area contributed by atoms with Gasteiger partial charge in [-0.2, -0.15) is 0 Å². The van der Waals surface area contributed by atoms with Crippen molar-refractivity contribution in [1.82, 2.24) is 73.8 Å². The number of nitrogen functional groups attached to an aromatic ring is 2. The highest BCUT2D eigenvalue weighted by molar-refractivity contribution is 6.07. The quantitative estimate of drug-likeness (QED) is 0.0111. The average Bonchev–Trinajstić information content (AvgIpc) is 0.834. The number of carboxylic acids is 9. The van der Waals surface area contributed by atoms with Crippen LogP contribution in [0.1, 0.15) is 154 Å². The summed E-state index contributed by atoms with van der Waals surface area (Å²) in [7, 11) is 0. The van der Waals surface area contributed by atoms with E-state index in [1.54, 1.807) is 0 Å². The molecule has 2 aliphatic carbocycles. The molecule has 0 spiro atoms. The SMILES string of the molecule is NNc1ccc(C(=O)NC(C(=O)O)C(=O)NCC2CCC(C(=O)NC(Cc3ccc4ccccc4c3)C(=O)NCCCCC(NC(=O)NC(CCC(=O)O)C(=O)O)C(=O)O)CC2)cn1.NNc1ccc(C(=O)NC(CC(C(=O)O)C(=O)O)C(=O)NCC2CCC(C(=O)NC(Cc3ccc4ccccc4c3)C(=O)NCCCCC(NC(=O)NC(CCC(=O)O)C(=O)O)C(=O)O)CC2)cn1. The van der Waals surface area contributed by atoms with E-state index in [2.05, 4.69) is 84.6 Å². The van der Waals surface area contributed by atoms with Gasteiger partial charge in [-0.05, 0) is 172 Å². The fourth-order valence-electron chi connectivity index (χ4n) is 14.8. The molecule has 2 fully saturated rings. The second-order valence-electron chi connectivity index (χ2n) is 31.9. The van der Waals surface area contributed by atoms with E-state index in [9.17, 15) is 127 Å². The number of aliphatic carboxylic acids is 9. The third-order valence-corrected chi connectivity index (χ3v) is 22.3. The molecule has 12 amide bonds. The van der Waals surface area contributed by atoms with Gasteiger partial charge in [0.05, 0.1) is 11.1 Å². The molecule has 8 unspecified atom stereocenters. The molecule has 0 bridgehead atoms. The molecule has 4 aromatic carbocycles. The maximum absolute atomic E-state index is 13.8. The average molecular weight is 1860 g/mol. The van der Waals surface area contributed by atoms with Crippen LogP contribution in [0.3, 0.4) is 0 Å². The number of fused-ring (bicyclic) bond motifs is 2. The molecule has 8 rings (SSSR count). The highest BCUT2D eigenvalue weighted by Crippen LogP contribution is 2.31. The van der Waals surface area contributed by atoms with Crippen molar-refractivity contribution in [3.8, 4) is 0 Å². The molecule has 2 saturated carbocycles. The summed E-state index contributed by atoms with van der Waals surface area (Å²) in [5.74, 6) is -10.4. The number of benzene rings is 4. The van der Waals surface area contributed by atoms with E-state index in [-0.39, 0.29) is 124 Å². The van der Waals surface area contributed by atoms with E-state index in [0.717, 1.165) is 38.9 Å². The number of hydrogen-bond donors (Lipinski definition) is 25. The van der Waals surface area contributed by atoms with E-state index >= 15 is 0 Å². The molecule has 2 heterocycles. The summed E-state index contributed by atoms with van der Waals surface area (Å²) < 4.78 is 0. The molecule has 133 heavy (non-hydrogen) atoms. The molecule has 0 saturated heterocycles. The van der Waals surface area contributed by atoms with Gasteiger partial charge in [0.1, 0.15) is 53.9 Å². The highest BCUT2D eigenvalue weighted by atomic mass is 16.4. The Morgan fingerprint density at radius 3 is 1.05 bits per heavy atom. The van der Waals surface area contributed by atoms with Crippen molar-refractivity contribution in [3.63, 3.8) is 0 Å². The van der Waals surface area contributed by atoms with Crippen molar-refractivity contribution >= 4 is 146 Å². The van der Waals surface area contributed by atoms with Gasteiger partial charge in [0.2, 0.25) is 35.6 Å². The number of urea groups is 2. The van der Waals surface area contributed by atoms with Gasteiger partial charge in [-0.15, -0.1) is 0 Å². The topological polar surface area (TPSA) is 753 Å². The molecule has 8 atom stereocenters. The Kier molecular flexibility index (Phi) is 41.8. The van der Waals surface area contributed by atoms with Gasteiger partial charge in [0.25, 0.3) is 17.7 Å². The number of nitrogens with zero attached hydrogens (tertiary/aromatic N) is 2. The monoisotopic (exact) mass is 1850 g/mol. The lowest BCUT2D eigenvalue weighted by Gasteiger charge is -2.30. The third kappa shape index (κ3) is 35.3. The van der Waals surface area contributed by atoms with Crippen molar-refractivity contribution < 1.29 is 137 Å². The number of nitrogens with two attached hydrogens (primary N) is 2. The Morgan fingerprint density at radius 1 is 0.346 bits per heavy atom. The lowest BCUT2D eigenvalue weighted by Crippen LogP contribution is -2.52. The van der Waals surface area contributed by atoms with E-state index in [1.807, 2.05) is 84.9 Å². The molecule has 0 aliphatic heterocycles. The number of amides is 12.